The van der Waals surface area contributed by atoms with Gasteiger partial charge in [0.25, 0.3) is 15.9 Å². The fourth-order valence-corrected chi connectivity index (χ4v) is 4.98. The van der Waals surface area contributed by atoms with Gasteiger partial charge < -0.3 is 5.32 Å². The first kappa shape index (κ1) is 19.1. The maximum absolute atomic E-state index is 13.4. The summed E-state index contributed by atoms with van der Waals surface area (Å²) < 4.78 is 53.4. The molecule has 148 valence electrons. The second-order valence-corrected chi connectivity index (χ2v) is 8.68. The van der Waals surface area contributed by atoms with Crippen molar-refractivity contribution in [2.24, 2.45) is 0 Å². The van der Waals surface area contributed by atoms with E-state index in [0.29, 0.717) is 22.4 Å². The van der Waals surface area contributed by atoms with Crippen molar-refractivity contribution < 1.29 is 22.0 Å². The third-order valence-electron chi connectivity index (χ3n) is 4.87. The number of nitrogens with one attached hydrogen (secondary N) is 1. The summed E-state index contributed by atoms with van der Waals surface area (Å²) in [5.41, 5.74) is 2.59. The van der Waals surface area contributed by atoms with E-state index in [2.05, 4.69) is 5.32 Å². The first-order valence-corrected chi connectivity index (χ1v) is 10.1. The predicted molar refractivity (Wildman–Crippen MR) is 107 cm³/mol. The molecule has 0 saturated carbocycles. The molecule has 5 nitrogen and oxygen atoms in total. The second-order valence-electron chi connectivity index (χ2n) is 6.74. The molecule has 0 fully saturated rings. The molecule has 8 heteroatoms. The Hall–Kier alpha value is -3.26. The van der Waals surface area contributed by atoms with Crippen LogP contribution in [0.4, 0.5) is 20.2 Å². The molecule has 0 aliphatic carbocycles. The maximum Gasteiger partial charge on any atom is 0.264 e. The number of fused-ring (bicyclic) bond motifs is 3. The lowest BCUT2D eigenvalue weighted by Gasteiger charge is -2.31. The molecule has 1 aliphatic rings. The number of carbonyl (C=O) groups excluding carboxylic acids is 1. The summed E-state index contributed by atoms with van der Waals surface area (Å²) in [6.07, 6.45) is 0. The van der Waals surface area contributed by atoms with E-state index in [0.717, 1.165) is 12.1 Å². The average Bonchev–Trinajstić information content (AvgIpc) is 2.69. The summed E-state index contributed by atoms with van der Waals surface area (Å²) in [6, 6.07) is 12.8. The molecule has 0 saturated heterocycles. The van der Waals surface area contributed by atoms with E-state index in [9.17, 15) is 22.0 Å². The van der Waals surface area contributed by atoms with Gasteiger partial charge in [0, 0.05) is 35.5 Å². The van der Waals surface area contributed by atoms with Gasteiger partial charge in [-0.2, -0.15) is 0 Å². The minimum absolute atomic E-state index is 0.115. The van der Waals surface area contributed by atoms with Gasteiger partial charge >= 0.3 is 0 Å². The van der Waals surface area contributed by atoms with Crippen LogP contribution in [0.2, 0.25) is 0 Å². The van der Waals surface area contributed by atoms with Gasteiger partial charge in [-0.05, 0) is 42.8 Å². The van der Waals surface area contributed by atoms with E-state index >= 15 is 0 Å². The number of benzene rings is 3. The zero-order valence-electron chi connectivity index (χ0n) is 15.5. The summed E-state index contributed by atoms with van der Waals surface area (Å²) in [7, 11) is -2.22. The monoisotopic (exact) mass is 414 g/mol. The summed E-state index contributed by atoms with van der Waals surface area (Å²) in [4.78, 5) is 12.9. The molecule has 0 atom stereocenters. The second kappa shape index (κ2) is 6.66. The van der Waals surface area contributed by atoms with Gasteiger partial charge in [0.1, 0.15) is 0 Å². The standard InChI is InChI=1S/C21H16F2N2O3S/c1-12-9-13(21(26)24-14-7-8-17(22)18(23)11-14)10-16-15-5-3-4-6-19(15)29(27,28)25(2)20(12)16/h3-11H,1-2H3,(H,24,26). The zero-order chi connectivity index (χ0) is 20.9. The van der Waals surface area contributed by atoms with E-state index < -0.39 is 27.6 Å². The summed E-state index contributed by atoms with van der Waals surface area (Å²) in [5.74, 6) is -2.59. The molecule has 0 aromatic heterocycles. The Morgan fingerprint density at radius 3 is 2.41 bits per heavy atom. The topological polar surface area (TPSA) is 66.5 Å². The van der Waals surface area contributed by atoms with E-state index in [1.54, 1.807) is 37.3 Å². The van der Waals surface area contributed by atoms with Crippen LogP contribution < -0.4 is 9.62 Å². The van der Waals surface area contributed by atoms with Crippen LogP contribution in [0, 0.1) is 18.6 Å². The number of aryl methyl sites for hydroxylation is 1. The van der Waals surface area contributed by atoms with Gasteiger partial charge in [-0.1, -0.05) is 18.2 Å². The number of anilines is 2. The zero-order valence-corrected chi connectivity index (χ0v) is 16.3. The van der Waals surface area contributed by atoms with Gasteiger partial charge in [-0.25, -0.2) is 17.2 Å². The fourth-order valence-electron chi connectivity index (χ4n) is 3.49. The van der Waals surface area contributed by atoms with Gasteiger partial charge in [-0.15, -0.1) is 0 Å². The van der Waals surface area contributed by atoms with Crippen molar-refractivity contribution in [2.75, 3.05) is 16.7 Å². The molecule has 1 amide bonds. The molecule has 3 aromatic rings. The number of sulfonamides is 1. The summed E-state index contributed by atoms with van der Waals surface area (Å²) >= 11 is 0. The van der Waals surface area contributed by atoms with Gasteiger partial charge in [0.15, 0.2) is 11.6 Å². The molecule has 3 aromatic carbocycles. The van der Waals surface area contributed by atoms with Gasteiger partial charge in [-0.3, -0.25) is 9.10 Å². The van der Waals surface area contributed by atoms with Crippen LogP contribution in [0.1, 0.15) is 15.9 Å². The summed E-state index contributed by atoms with van der Waals surface area (Å²) in [6.45, 7) is 1.72. The van der Waals surface area contributed by atoms with Crippen LogP contribution in [0.5, 0.6) is 0 Å². The molecule has 4 rings (SSSR count). The number of hydrogen-bond acceptors (Lipinski definition) is 3. The lowest BCUT2D eigenvalue weighted by atomic mass is 9.96. The quantitative estimate of drug-likeness (QED) is 0.679. The highest BCUT2D eigenvalue weighted by atomic mass is 32.2. The fraction of sp³-hybridized carbons (Fsp3) is 0.0952. The Kier molecular flexibility index (Phi) is 4.38. The number of carbonyl (C=O) groups is 1. The normalized spacial score (nSPS) is 14.1. The summed E-state index contributed by atoms with van der Waals surface area (Å²) in [5, 5.41) is 2.53. The predicted octanol–water partition coefficient (Wildman–Crippen LogP) is 4.33. The van der Waals surface area contributed by atoms with Crippen molar-refractivity contribution in [1.29, 1.82) is 0 Å². The van der Waals surface area contributed by atoms with Crippen LogP contribution in [0.15, 0.2) is 59.5 Å². The van der Waals surface area contributed by atoms with Crippen molar-refractivity contribution in [2.45, 2.75) is 11.8 Å². The van der Waals surface area contributed by atoms with Crippen molar-refractivity contribution in [3.8, 4) is 11.1 Å². The van der Waals surface area contributed by atoms with Crippen LogP contribution in [0.3, 0.4) is 0 Å². The lowest BCUT2D eigenvalue weighted by Crippen LogP contribution is -2.31. The minimum Gasteiger partial charge on any atom is -0.322 e. The van der Waals surface area contributed by atoms with Crippen LogP contribution in [0.25, 0.3) is 11.1 Å². The maximum atomic E-state index is 13.4. The Labute approximate surface area is 166 Å². The van der Waals surface area contributed by atoms with Gasteiger partial charge in [0.2, 0.25) is 0 Å². The Balaban J connectivity index is 1.81. The van der Waals surface area contributed by atoms with Gasteiger partial charge in [0.05, 0.1) is 10.6 Å². The lowest BCUT2D eigenvalue weighted by molar-refractivity contribution is 0.102. The third-order valence-corrected chi connectivity index (χ3v) is 6.69. The van der Waals surface area contributed by atoms with E-state index in [1.165, 1.54) is 23.5 Å². The van der Waals surface area contributed by atoms with Crippen molar-refractivity contribution in [3.05, 3.63) is 77.4 Å². The molecule has 0 bridgehead atoms. The molecule has 0 radical (unpaired) electrons. The molecular weight excluding hydrogens is 398 g/mol. The highest BCUT2D eigenvalue weighted by Crippen LogP contribution is 2.44. The molecule has 0 spiro atoms. The smallest absolute Gasteiger partial charge is 0.264 e. The molecular formula is C21H16F2N2O3S. The molecule has 29 heavy (non-hydrogen) atoms. The van der Waals surface area contributed by atoms with E-state index in [1.807, 2.05) is 0 Å². The number of amides is 1. The third kappa shape index (κ3) is 3.05. The van der Waals surface area contributed by atoms with Crippen molar-refractivity contribution >= 4 is 27.3 Å². The number of halogens is 2. The minimum atomic E-state index is -3.69. The van der Waals surface area contributed by atoms with Crippen LogP contribution in [-0.4, -0.2) is 21.4 Å². The Morgan fingerprint density at radius 1 is 0.966 bits per heavy atom. The highest BCUT2D eigenvalue weighted by Gasteiger charge is 2.33. The molecule has 1 heterocycles. The molecule has 0 unspecified atom stereocenters. The number of nitrogens with zero attached hydrogens (tertiary/aromatic N) is 1. The average molecular weight is 414 g/mol. The molecule has 1 N–H and O–H groups in total. The number of hydrogen-bond donors (Lipinski definition) is 1. The van der Waals surface area contributed by atoms with Crippen LogP contribution >= 0.6 is 0 Å². The first-order valence-electron chi connectivity index (χ1n) is 8.69. The van der Waals surface area contributed by atoms with Crippen LogP contribution in [-0.2, 0) is 10.0 Å². The first-order chi connectivity index (χ1) is 13.7. The Bertz CT molecular complexity index is 1270. The largest absolute Gasteiger partial charge is 0.322 e. The Morgan fingerprint density at radius 2 is 1.69 bits per heavy atom. The van der Waals surface area contributed by atoms with E-state index in [-0.39, 0.29) is 16.1 Å². The van der Waals surface area contributed by atoms with Crippen molar-refractivity contribution in [1.82, 2.24) is 0 Å². The molecule has 1 aliphatic heterocycles. The number of rotatable bonds is 2. The highest BCUT2D eigenvalue weighted by molar-refractivity contribution is 7.93. The van der Waals surface area contributed by atoms with E-state index in [4.69, 9.17) is 0 Å². The SMILES string of the molecule is Cc1cc(C(=O)Nc2ccc(F)c(F)c2)cc2c1N(C)S(=O)(=O)c1ccccc1-2. The van der Waals surface area contributed by atoms with Crippen molar-refractivity contribution in [3.63, 3.8) is 0 Å².